The fraction of sp³-hybridized carbons (Fsp3) is 0.444. The van der Waals surface area contributed by atoms with Gasteiger partial charge >= 0.3 is 0 Å². The molecule has 76 valence electrons. The lowest BCUT2D eigenvalue weighted by Gasteiger charge is -1.99. The molecular formula is C9H12N2O2S. The fourth-order valence-corrected chi connectivity index (χ4v) is 1.72. The quantitative estimate of drug-likeness (QED) is 0.571. The van der Waals surface area contributed by atoms with E-state index in [0.717, 1.165) is 5.69 Å². The van der Waals surface area contributed by atoms with Crippen molar-refractivity contribution >= 4 is 17.4 Å². The van der Waals surface area contributed by atoms with Crippen molar-refractivity contribution in [2.45, 2.75) is 20.8 Å². The summed E-state index contributed by atoms with van der Waals surface area (Å²) < 4.78 is 0. The maximum absolute atomic E-state index is 10.7. The van der Waals surface area contributed by atoms with Gasteiger partial charge in [0.2, 0.25) is 0 Å². The average molecular weight is 212 g/mol. The van der Waals surface area contributed by atoms with Gasteiger partial charge in [-0.15, -0.1) is 11.3 Å². The summed E-state index contributed by atoms with van der Waals surface area (Å²) in [6, 6.07) is 0. The molecule has 0 amide bonds. The Morgan fingerprint density at radius 2 is 2.36 bits per heavy atom. The number of thiazole rings is 1. The second kappa shape index (κ2) is 4.32. The number of hydrogen-bond donors (Lipinski definition) is 0. The summed E-state index contributed by atoms with van der Waals surface area (Å²) in [5.74, 6) is -0.0887. The van der Waals surface area contributed by atoms with Gasteiger partial charge in [0.15, 0.2) is 0 Å². The molecule has 0 fully saturated rings. The highest BCUT2D eigenvalue weighted by Crippen LogP contribution is 2.17. The lowest BCUT2D eigenvalue weighted by atomic mass is 10.1. The van der Waals surface area contributed by atoms with Gasteiger partial charge in [-0.3, -0.25) is 10.1 Å². The van der Waals surface area contributed by atoms with Gasteiger partial charge in [-0.05, 0) is 6.92 Å². The van der Waals surface area contributed by atoms with Crippen molar-refractivity contribution in [2.75, 3.05) is 0 Å². The number of allylic oxidation sites excluding steroid dienone is 1. The summed E-state index contributed by atoms with van der Waals surface area (Å²) >= 11 is 1.42. The van der Waals surface area contributed by atoms with Crippen LogP contribution >= 0.6 is 11.3 Å². The van der Waals surface area contributed by atoms with Crippen molar-refractivity contribution in [2.24, 2.45) is 5.92 Å². The molecule has 5 heteroatoms. The van der Waals surface area contributed by atoms with Crippen LogP contribution in [0.3, 0.4) is 0 Å². The van der Waals surface area contributed by atoms with E-state index in [1.165, 1.54) is 11.3 Å². The van der Waals surface area contributed by atoms with Gasteiger partial charge < -0.3 is 0 Å². The molecule has 14 heavy (non-hydrogen) atoms. The van der Waals surface area contributed by atoms with Crippen LogP contribution < -0.4 is 0 Å². The van der Waals surface area contributed by atoms with E-state index >= 15 is 0 Å². The second-order valence-corrected chi connectivity index (χ2v) is 4.20. The predicted octanol–water partition coefficient (Wildman–Crippen LogP) is 2.73. The molecule has 1 rings (SSSR count). The van der Waals surface area contributed by atoms with E-state index in [2.05, 4.69) is 4.98 Å². The van der Waals surface area contributed by atoms with E-state index in [1.54, 1.807) is 19.9 Å². The molecule has 0 aliphatic carbocycles. The van der Waals surface area contributed by atoms with Crippen LogP contribution in [0, 0.1) is 23.0 Å². The number of nitrogens with zero attached hydrogens (tertiary/aromatic N) is 2. The number of nitro groups is 1. The average Bonchev–Trinajstić information content (AvgIpc) is 2.46. The van der Waals surface area contributed by atoms with Gasteiger partial charge in [0.25, 0.3) is 5.70 Å². The molecule has 1 aromatic heterocycles. The van der Waals surface area contributed by atoms with E-state index in [0.29, 0.717) is 5.01 Å². The Morgan fingerprint density at radius 1 is 1.71 bits per heavy atom. The van der Waals surface area contributed by atoms with Crippen LogP contribution in [0.15, 0.2) is 11.1 Å². The topological polar surface area (TPSA) is 56.0 Å². The first-order valence-electron chi connectivity index (χ1n) is 4.29. The molecule has 0 bridgehead atoms. The first-order chi connectivity index (χ1) is 6.50. The molecule has 0 saturated carbocycles. The maximum atomic E-state index is 10.7. The lowest BCUT2D eigenvalue weighted by molar-refractivity contribution is -0.431. The van der Waals surface area contributed by atoms with Gasteiger partial charge in [-0.25, -0.2) is 4.98 Å². The van der Waals surface area contributed by atoms with Crippen LogP contribution in [0.1, 0.15) is 24.5 Å². The molecule has 0 radical (unpaired) electrons. The third kappa shape index (κ3) is 2.63. The van der Waals surface area contributed by atoms with Crippen molar-refractivity contribution in [3.8, 4) is 0 Å². The van der Waals surface area contributed by atoms with E-state index in [4.69, 9.17) is 0 Å². The predicted molar refractivity (Wildman–Crippen MR) is 56.7 cm³/mol. The Bertz CT molecular complexity index is 369. The van der Waals surface area contributed by atoms with Crippen LogP contribution in [-0.2, 0) is 0 Å². The minimum atomic E-state index is -0.346. The highest BCUT2D eigenvalue weighted by atomic mass is 32.1. The van der Waals surface area contributed by atoms with Crippen LogP contribution in [0.2, 0.25) is 0 Å². The molecule has 0 spiro atoms. The summed E-state index contributed by atoms with van der Waals surface area (Å²) in [7, 11) is 0. The van der Waals surface area contributed by atoms with Gasteiger partial charge in [0.1, 0.15) is 5.01 Å². The van der Waals surface area contributed by atoms with E-state index in [1.807, 2.05) is 12.3 Å². The van der Waals surface area contributed by atoms with Crippen LogP contribution in [-0.4, -0.2) is 9.91 Å². The largest absolute Gasteiger partial charge is 0.259 e. The van der Waals surface area contributed by atoms with Crippen molar-refractivity contribution in [3.63, 3.8) is 0 Å². The maximum Gasteiger partial charge on any atom is 0.251 e. The zero-order chi connectivity index (χ0) is 10.7. The van der Waals surface area contributed by atoms with Crippen molar-refractivity contribution in [1.29, 1.82) is 0 Å². The Hall–Kier alpha value is -1.23. The molecule has 1 heterocycles. The first-order valence-corrected chi connectivity index (χ1v) is 5.16. The lowest BCUT2D eigenvalue weighted by Crippen LogP contribution is -2.05. The summed E-state index contributed by atoms with van der Waals surface area (Å²) in [5, 5.41) is 13.2. The number of aromatic nitrogens is 1. The van der Waals surface area contributed by atoms with Gasteiger partial charge in [-0.2, -0.15) is 0 Å². The third-order valence-corrected chi connectivity index (χ3v) is 2.62. The van der Waals surface area contributed by atoms with Crippen molar-refractivity contribution < 1.29 is 4.92 Å². The van der Waals surface area contributed by atoms with E-state index in [9.17, 15) is 10.1 Å². The Kier molecular flexibility index (Phi) is 3.35. The minimum Gasteiger partial charge on any atom is -0.259 e. The molecule has 0 aliphatic rings. The normalized spacial score (nSPS) is 12.1. The Labute approximate surface area is 86.4 Å². The monoisotopic (exact) mass is 212 g/mol. The molecule has 0 atom stereocenters. The highest BCUT2D eigenvalue weighted by Gasteiger charge is 2.16. The van der Waals surface area contributed by atoms with E-state index in [-0.39, 0.29) is 16.5 Å². The first kappa shape index (κ1) is 10.8. The molecule has 0 aromatic carbocycles. The molecule has 0 unspecified atom stereocenters. The Balaban J connectivity index is 2.99. The van der Waals surface area contributed by atoms with Crippen LogP contribution in [0.4, 0.5) is 0 Å². The SMILES string of the molecule is Cc1csc(/C=C(/C(C)C)[N+](=O)[O-])n1. The molecular weight excluding hydrogens is 200 g/mol. The number of hydrogen-bond acceptors (Lipinski definition) is 4. The molecule has 1 aromatic rings. The highest BCUT2D eigenvalue weighted by molar-refractivity contribution is 7.10. The smallest absolute Gasteiger partial charge is 0.251 e. The fourth-order valence-electron chi connectivity index (χ4n) is 0.995. The minimum absolute atomic E-state index is 0.0887. The van der Waals surface area contributed by atoms with Gasteiger partial charge in [-0.1, -0.05) is 13.8 Å². The van der Waals surface area contributed by atoms with Crippen LogP contribution in [0.25, 0.3) is 6.08 Å². The summed E-state index contributed by atoms with van der Waals surface area (Å²) in [6.07, 6.45) is 1.54. The zero-order valence-corrected chi connectivity index (χ0v) is 9.17. The summed E-state index contributed by atoms with van der Waals surface area (Å²) in [5.41, 5.74) is 1.10. The molecule has 0 aliphatic heterocycles. The molecule has 0 N–H and O–H groups in total. The van der Waals surface area contributed by atoms with Crippen LogP contribution in [0.5, 0.6) is 0 Å². The molecule has 0 saturated heterocycles. The molecule has 4 nitrogen and oxygen atoms in total. The number of rotatable bonds is 3. The van der Waals surface area contributed by atoms with E-state index < -0.39 is 0 Å². The van der Waals surface area contributed by atoms with Crippen molar-refractivity contribution in [3.05, 3.63) is 31.9 Å². The summed E-state index contributed by atoms with van der Waals surface area (Å²) in [4.78, 5) is 14.5. The third-order valence-electron chi connectivity index (χ3n) is 1.71. The van der Waals surface area contributed by atoms with Gasteiger partial charge in [0.05, 0.1) is 4.92 Å². The second-order valence-electron chi connectivity index (χ2n) is 3.31. The Morgan fingerprint density at radius 3 is 2.71 bits per heavy atom. The standard InChI is InChI=1S/C9H12N2O2S/c1-6(2)8(11(12)13)4-9-10-7(3)5-14-9/h4-6H,1-3H3/b8-4-. The number of aryl methyl sites for hydroxylation is 1. The van der Waals surface area contributed by atoms with Gasteiger partial charge in [0, 0.05) is 23.1 Å². The summed E-state index contributed by atoms with van der Waals surface area (Å²) in [6.45, 7) is 5.47. The van der Waals surface area contributed by atoms with Crippen molar-refractivity contribution in [1.82, 2.24) is 4.98 Å². The zero-order valence-electron chi connectivity index (χ0n) is 8.35.